The first-order chi connectivity index (χ1) is 12.9. The molecule has 8 heteroatoms. The highest BCUT2D eigenvalue weighted by Crippen LogP contribution is 2.37. The first-order valence-corrected chi connectivity index (χ1v) is 8.34. The van der Waals surface area contributed by atoms with E-state index < -0.39 is 11.9 Å². The maximum Gasteiger partial charge on any atom is 0.329 e. The summed E-state index contributed by atoms with van der Waals surface area (Å²) in [6.07, 6.45) is 1.49. The molecule has 27 heavy (non-hydrogen) atoms. The first-order valence-electron chi connectivity index (χ1n) is 7.97. The number of hydrogen-bond acceptors (Lipinski definition) is 5. The fraction of sp³-hybridized carbons (Fsp3) is 0.158. The Balaban J connectivity index is 1.87. The molecule has 7 nitrogen and oxygen atoms in total. The number of urea groups is 1. The van der Waals surface area contributed by atoms with Crippen molar-refractivity contribution >= 4 is 29.6 Å². The Labute approximate surface area is 160 Å². The number of methoxy groups -OCH3 is 2. The van der Waals surface area contributed by atoms with Crippen molar-refractivity contribution in [1.29, 1.82) is 0 Å². The summed E-state index contributed by atoms with van der Waals surface area (Å²) in [5.74, 6) is -0.221. The Morgan fingerprint density at radius 2 is 1.70 bits per heavy atom. The number of carbonyl (C=O) groups is 2. The molecule has 2 N–H and O–H groups in total. The number of carbonyl (C=O) groups excluding carboxylic acids is 2. The molecule has 3 rings (SSSR count). The van der Waals surface area contributed by atoms with E-state index in [0.29, 0.717) is 10.6 Å². The van der Waals surface area contributed by atoms with Crippen molar-refractivity contribution in [3.63, 3.8) is 0 Å². The summed E-state index contributed by atoms with van der Waals surface area (Å²) in [5, 5.41) is 13.1. The number of imide groups is 1. The molecule has 1 aliphatic heterocycles. The van der Waals surface area contributed by atoms with Crippen LogP contribution in [0.25, 0.3) is 6.08 Å². The predicted octanol–water partition coefficient (Wildman–Crippen LogP) is 3.16. The second-order valence-electron chi connectivity index (χ2n) is 5.78. The minimum absolute atomic E-state index is 0.115. The zero-order valence-corrected chi connectivity index (χ0v) is 15.4. The SMILES string of the molecule is COc1cc(/C=C2\NC(=O)N(Cc3ccc(Cl)cc3)C2=O)cc(OC)c1O. The van der Waals surface area contributed by atoms with Gasteiger partial charge in [0.25, 0.3) is 5.91 Å². The normalized spacial score (nSPS) is 15.2. The van der Waals surface area contributed by atoms with Gasteiger partial charge in [-0.15, -0.1) is 0 Å². The van der Waals surface area contributed by atoms with Crippen LogP contribution in [0.1, 0.15) is 11.1 Å². The van der Waals surface area contributed by atoms with Crippen LogP contribution < -0.4 is 14.8 Å². The number of nitrogens with zero attached hydrogens (tertiary/aromatic N) is 1. The molecule has 3 amide bonds. The number of amides is 3. The number of rotatable bonds is 5. The summed E-state index contributed by atoms with van der Waals surface area (Å²) in [6, 6.07) is 9.44. The molecule has 0 aliphatic carbocycles. The Hall–Kier alpha value is -3.19. The second kappa shape index (κ2) is 7.59. The lowest BCUT2D eigenvalue weighted by Gasteiger charge is -2.12. The van der Waals surface area contributed by atoms with Gasteiger partial charge in [-0.25, -0.2) is 4.79 Å². The highest BCUT2D eigenvalue weighted by molar-refractivity contribution is 6.30. The number of benzene rings is 2. The molecule has 0 saturated carbocycles. The molecule has 0 bridgehead atoms. The van der Waals surface area contributed by atoms with Gasteiger partial charge < -0.3 is 19.9 Å². The largest absolute Gasteiger partial charge is 0.502 e. The molecule has 1 aliphatic rings. The summed E-state index contributed by atoms with van der Waals surface area (Å²) in [6.45, 7) is 0.126. The molecule has 140 valence electrons. The monoisotopic (exact) mass is 388 g/mol. The fourth-order valence-electron chi connectivity index (χ4n) is 2.65. The van der Waals surface area contributed by atoms with Gasteiger partial charge >= 0.3 is 6.03 Å². The molecule has 1 fully saturated rings. The highest BCUT2D eigenvalue weighted by Gasteiger charge is 2.33. The average Bonchev–Trinajstić information content (AvgIpc) is 2.92. The third kappa shape index (κ3) is 3.83. The van der Waals surface area contributed by atoms with E-state index >= 15 is 0 Å². The second-order valence-corrected chi connectivity index (χ2v) is 6.22. The van der Waals surface area contributed by atoms with Crippen LogP contribution in [0.4, 0.5) is 4.79 Å². The summed E-state index contributed by atoms with van der Waals surface area (Å²) < 4.78 is 10.2. The van der Waals surface area contributed by atoms with E-state index in [-0.39, 0.29) is 29.5 Å². The zero-order valence-electron chi connectivity index (χ0n) is 14.7. The lowest BCUT2D eigenvalue weighted by molar-refractivity contribution is -0.123. The van der Waals surface area contributed by atoms with Crippen molar-refractivity contribution in [2.24, 2.45) is 0 Å². The van der Waals surface area contributed by atoms with Crippen LogP contribution in [0.3, 0.4) is 0 Å². The number of phenols is 1. The van der Waals surface area contributed by atoms with Gasteiger partial charge in [0.1, 0.15) is 5.70 Å². The molecule has 1 heterocycles. The quantitative estimate of drug-likeness (QED) is 0.606. The third-order valence-corrected chi connectivity index (χ3v) is 4.28. The van der Waals surface area contributed by atoms with Gasteiger partial charge in [-0.3, -0.25) is 9.69 Å². The Kier molecular flexibility index (Phi) is 5.23. The summed E-state index contributed by atoms with van der Waals surface area (Å²) in [5.41, 5.74) is 1.42. The Bertz CT molecular complexity index is 899. The van der Waals surface area contributed by atoms with E-state index in [1.54, 1.807) is 24.3 Å². The van der Waals surface area contributed by atoms with E-state index in [9.17, 15) is 14.7 Å². The van der Waals surface area contributed by atoms with E-state index in [1.165, 1.54) is 32.4 Å². The molecule has 0 radical (unpaired) electrons. The third-order valence-electron chi connectivity index (χ3n) is 4.03. The molecule has 0 unspecified atom stereocenters. The average molecular weight is 389 g/mol. The molecule has 1 saturated heterocycles. The highest BCUT2D eigenvalue weighted by atomic mass is 35.5. The molecule has 0 spiro atoms. The van der Waals surface area contributed by atoms with Gasteiger partial charge in [0.2, 0.25) is 5.75 Å². The Morgan fingerprint density at radius 1 is 1.11 bits per heavy atom. The fourth-order valence-corrected chi connectivity index (χ4v) is 2.78. The van der Waals surface area contributed by atoms with Crippen molar-refractivity contribution in [2.45, 2.75) is 6.54 Å². The van der Waals surface area contributed by atoms with E-state index in [2.05, 4.69) is 5.32 Å². The predicted molar refractivity (Wildman–Crippen MR) is 99.7 cm³/mol. The molecular weight excluding hydrogens is 372 g/mol. The minimum atomic E-state index is -0.515. The van der Waals surface area contributed by atoms with Gasteiger partial charge in [0.05, 0.1) is 20.8 Å². The first kappa shape index (κ1) is 18.6. The molecule has 2 aromatic rings. The lowest BCUT2D eigenvalue weighted by Crippen LogP contribution is -2.30. The number of halogens is 1. The van der Waals surface area contributed by atoms with E-state index in [4.69, 9.17) is 21.1 Å². The number of nitrogens with one attached hydrogen (secondary N) is 1. The Morgan fingerprint density at radius 3 is 2.26 bits per heavy atom. The molecule has 2 aromatic carbocycles. The van der Waals surface area contributed by atoms with Crippen LogP contribution in [0.5, 0.6) is 17.2 Å². The maximum absolute atomic E-state index is 12.6. The standard InChI is InChI=1S/C19H17ClN2O5/c1-26-15-8-12(9-16(27-2)17(15)23)7-14-18(24)22(19(25)21-14)10-11-3-5-13(20)6-4-11/h3-9,23H,10H2,1-2H3,(H,21,25)/b14-7-. The van der Waals surface area contributed by atoms with E-state index in [0.717, 1.165) is 10.5 Å². The summed E-state index contributed by atoms with van der Waals surface area (Å²) in [4.78, 5) is 25.9. The number of aromatic hydroxyl groups is 1. The van der Waals surface area contributed by atoms with Crippen molar-refractivity contribution in [3.05, 3.63) is 58.2 Å². The summed E-state index contributed by atoms with van der Waals surface area (Å²) >= 11 is 5.85. The van der Waals surface area contributed by atoms with Crippen molar-refractivity contribution < 1.29 is 24.2 Å². The van der Waals surface area contributed by atoms with Gasteiger partial charge in [-0.05, 0) is 41.5 Å². The molecular formula is C19H17ClN2O5. The van der Waals surface area contributed by atoms with Crippen molar-refractivity contribution in [2.75, 3.05) is 14.2 Å². The number of phenolic OH excluding ortho intramolecular Hbond substituents is 1. The number of hydrogen-bond donors (Lipinski definition) is 2. The topological polar surface area (TPSA) is 88.1 Å². The van der Waals surface area contributed by atoms with Crippen LogP contribution in [0.15, 0.2) is 42.1 Å². The zero-order chi connectivity index (χ0) is 19.6. The van der Waals surface area contributed by atoms with Gasteiger partial charge in [0, 0.05) is 5.02 Å². The summed E-state index contributed by atoms with van der Waals surface area (Å²) in [7, 11) is 2.81. The van der Waals surface area contributed by atoms with E-state index in [1.807, 2.05) is 0 Å². The van der Waals surface area contributed by atoms with Crippen LogP contribution in [-0.4, -0.2) is 36.2 Å². The van der Waals surface area contributed by atoms with Crippen molar-refractivity contribution in [3.8, 4) is 17.2 Å². The van der Waals surface area contributed by atoms with Crippen LogP contribution in [-0.2, 0) is 11.3 Å². The van der Waals surface area contributed by atoms with Crippen LogP contribution >= 0.6 is 11.6 Å². The van der Waals surface area contributed by atoms with Gasteiger partial charge in [-0.1, -0.05) is 23.7 Å². The maximum atomic E-state index is 12.6. The van der Waals surface area contributed by atoms with Gasteiger partial charge in [-0.2, -0.15) is 0 Å². The van der Waals surface area contributed by atoms with Crippen LogP contribution in [0, 0.1) is 0 Å². The molecule has 0 atom stereocenters. The van der Waals surface area contributed by atoms with Crippen LogP contribution in [0.2, 0.25) is 5.02 Å². The van der Waals surface area contributed by atoms with Crippen molar-refractivity contribution in [1.82, 2.24) is 10.2 Å². The van der Waals surface area contributed by atoms with Gasteiger partial charge in [0.15, 0.2) is 11.5 Å². The smallest absolute Gasteiger partial charge is 0.329 e. The minimum Gasteiger partial charge on any atom is -0.502 e. The number of ether oxygens (including phenoxy) is 2. The lowest BCUT2D eigenvalue weighted by atomic mass is 10.1. The molecule has 0 aromatic heterocycles.